The summed E-state index contributed by atoms with van der Waals surface area (Å²) in [7, 11) is 0. The van der Waals surface area contributed by atoms with E-state index in [0.29, 0.717) is 46.8 Å². The molecule has 0 aromatic heterocycles. The van der Waals surface area contributed by atoms with E-state index in [9.17, 15) is 9.59 Å². The first-order chi connectivity index (χ1) is 15.7. The molecule has 1 aliphatic rings. The van der Waals surface area contributed by atoms with Crippen LogP contribution in [0, 0.1) is 0 Å². The van der Waals surface area contributed by atoms with Crippen LogP contribution in [0.2, 0.25) is 0 Å². The summed E-state index contributed by atoms with van der Waals surface area (Å²) >= 11 is 0. The molecule has 0 bridgehead atoms. The number of rotatable bonds is 6. The molecule has 0 atom stereocenters. The predicted molar refractivity (Wildman–Crippen MR) is 124 cm³/mol. The second-order valence-corrected chi connectivity index (χ2v) is 7.68. The van der Waals surface area contributed by atoms with E-state index in [0.717, 1.165) is 11.1 Å². The number of hydrogen-bond donors (Lipinski definition) is 1. The second-order valence-electron chi connectivity index (χ2n) is 7.68. The van der Waals surface area contributed by atoms with E-state index < -0.39 is 0 Å². The van der Waals surface area contributed by atoms with Gasteiger partial charge in [0.15, 0.2) is 11.6 Å². The average Bonchev–Trinajstić information content (AvgIpc) is 2.86. The third kappa shape index (κ3) is 3.67. The van der Waals surface area contributed by atoms with Gasteiger partial charge < -0.3 is 10.1 Å². The molecule has 1 aliphatic carbocycles. The van der Waals surface area contributed by atoms with Crippen LogP contribution in [-0.4, -0.2) is 11.6 Å². The fourth-order valence-corrected chi connectivity index (χ4v) is 3.99. The van der Waals surface area contributed by atoms with Gasteiger partial charge in [0.05, 0.1) is 11.1 Å². The Balaban J connectivity index is 1.55. The number of hydrogen-bond acceptors (Lipinski definition) is 4. The third-order valence-corrected chi connectivity index (χ3v) is 5.60. The molecule has 0 unspecified atom stereocenters. The van der Waals surface area contributed by atoms with Crippen LogP contribution in [0.5, 0.6) is 5.75 Å². The molecule has 4 nitrogen and oxygen atoms in total. The van der Waals surface area contributed by atoms with Crippen molar-refractivity contribution in [3.63, 3.8) is 0 Å². The lowest BCUT2D eigenvalue weighted by molar-refractivity contribution is 0.0976. The van der Waals surface area contributed by atoms with Crippen LogP contribution in [0.4, 0.5) is 5.69 Å². The van der Waals surface area contributed by atoms with E-state index in [2.05, 4.69) is 5.32 Å². The Kier molecular flexibility index (Phi) is 5.26. The molecule has 4 heteroatoms. The Morgan fingerprint density at radius 1 is 0.594 bits per heavy atom. The molecule has 0 saturated heterocycles. The topological polar surface area (TPSA) is 55.4 Å². The smallest absolute Gasteiger partial charge is 0.198 e. The summed E-state index contributed by atoms with van der Waals surface area (Å²) in [5.74, 6) is 0.0551. The van der Waals surface area contributed by atoms with Gasteiger partial charge in [0.2, 0.25) is 0 Å². The summed E-state index contributed by atoms with van der Waals surface area (Å²) in [6.07, 6.45) is 0. The Labute approximate surface area is 186 Å². The van der Waals surface area contributed by atoms with Gasteiger partial charge >= 0.3 is 0 Å². The Morgan fingerprint density at radius 2 is 1.16 bits per heavy atom. The molecule has 32 heavy (non-hydrogen) atoms. The number of fused-ring (bicyclic) bond motifs is 2. The first-order valence-electron chi connectivity index (χ1n) is 10.5. The van der Waals surface area contributed by atoms with Crippen molar-refractivity contribution >= 4 is 17.3 Å². The molecule has 0 amide bonds. The summed E-state index contributed by atoms with van der Waals surface area (Å²) in [5.41, 5.74) is 4.23. The van der Waals surface area contributed by atoms with E-state index in [1.165, 1.54) is 0 Å². The minimum absolute atomic E-state index is 0.170. The maximum atomic E-state index is 13.5. The third-order valence-electron chi connectivity index (χ3n) is 5.60. The summed E-state index contributed by atoms with van der Waals surface area (Å²) < 4.78 is 6.04. The van der Waals surface area contributed by atoms with E-state index in [1.54, 1.807) is 30.3 Å². The van der Waals surface area contributed by atoms with Crippen LogP contribution < -0.4 is 10.1 Å². The number of carbonyl (C=O) groups is 2. The summed E-state index contributed by atoms with van der Waals surface area (Å²) in [6.45, 7) is 0.855. The highest BCUT2D eigenvalue weighted by Crippen LogP contribution is 2.38. The maximum absolute atomic E-state index is 13.5. The van der Waals surface area contributed by atoms with Gasteiger partial charge in [0.1, 0.15) is 12.4 Å². The highest BCUT2D eigenvalue weighted by atomic mass is 16.5. The van der Waals surface area contributed by atoms with Gasteiger partial charge in [-0.3, -0.25) is 9.59 Å². The quantitative estimate of drug-likeness (QED) is 0.386. The summed E-state index contributed by atoms with van der Waals surface area (Å²) in [5, 5.41) is 3.34. The van der Waals surface area contributed by atoms with Gasteiger partial charge in [-0.1, -0.05) is 84.9 Å². The minimum Gasteiger partial charge on any atom is -0.488 e. The molecule has 0 saturated carbocycles. The number of nitrogens with one attached hydrogen (secondary N) is 1. The van der Waals surface area contributed by atoms with Gasteiger partial charge in [-0.05, 0) is 23.3 Å². The molecule has 4 aromatic rings. The Bertz CT molecular complexity index is 1200. The first kappa shape index (κ1) is 19.8. The molecule has 4 aromatic carbocycles. The molecule has 1 N–H and O–H groups in total. The molecule has 156 valence electrons. The highest BCUT2D eigenvalue weighted by molar-refractivity contribution is 6.31. The number of ketones is 2. The minimum atomic E-state index is -0.193. The Hall–Kier alpha value is -4.18. The van der Waals surface area contributed by atoms with Crippen LogP contribution in [0.1, 0.15) is 43.0 Å². The van der Waals surface area contributed by atoms with E-state index in [-0.39, 0.29) is 11.6 Å². The van der Waals surface area contributed by atoms with Gasteiger partial charge in [0, 0.05) is 23.4 Å². The molecule has 0 aliphatic heterocycles. The average molecular weight is 419 g/mol. The molecular formula is C28H21NO3. The monoisotopic (exact) mass is 419 g/mol. The molecule has 0 fully saturated rings. The van der Waals surface area contributed by atoms with Crippen LogP contribution in [0.15, 0.2) is 97.1 Å². The Morgan fingerprint density at radius 3 is 1.81 bits per heavy atom. The van der Waals surface area contributed by atoms with Crippen molar-refractivity contribution < 1.29 is 14.3 Å². The normalized spacial score (nSPS) is 12.1. The van der Waals surface area contributed by atoms with Crippen LogP contribution in [-0.2, 0) is 13.2 Å². The SMILES string of the molecule is O=C1c2ccccc2C(=O)c2c(OCc3ccccc3)ccc(NCc3ccccc3)c21. The zero-order chi connectivity index (χ0) is 21.9. The molecular weight excluding hydrogens is 398 g/mol. The van der Waals surface area contributed by atoms with E-state index in [1.807, 2.05) is 66.7 Å². The fraction of sp³-hybridized carbons (Fsp3) is 0.0714. The van der Waals surface area contributed by atoms with E-state index in [4.69, 9.17) is 4.74 Å². The first-order valence-corrected chi connectivity index (χ1v) is 10.5. The standard InChI is InChI=1S/C28H21NO3/c30-27-21-13-7-8-14-22(21)28(31)26-24(32-18-20-11-5-2-6-12-20)16-15-23(25(26)27)29-17-19-9-3-1-4-10-19/h1-16,29H,17-18H2. The zero-order valence-electron chi connectivity index (χ0n) is 17.4. The van der Waals surface area contributed by atoms with Crippen molar-refractivity contribution in [3.05, 3.63) is 130 Å². The lowest BCUT2D eigenvalue weighted by atomic mass is 9.82. The predicted octanol–water partition coefficient (Wildman–Crippen LogP) is 5.65. The number of anilines is 1. The lowest BCUT2D eigenvalue weighted by Crippen LogP contribution is -2.23. The van der Waals surface area contributed by atoms with Crippen molar-refractivity contribution in [2.45, 2.75) is 13.2 Å². The molecule has 5 rings (SSSR count). The fourth-order valence-electron chi connectivity index (χ4n) is 3.99. The van der Waals surface area contributed by atoms with Crippen molar-refractivity contribution in [1.29, 1.82) is 0 Å². The second kappa shape index (κ2) is 8.52. The lowest BCUT2D eigenvalue weighted by Gasteiger charge is -2.23. The summed E-state index contributed by atoms with van der Waals surface area (Å²) in [4.78, 5) is 26.9. The molecule has 0 spiro atoms. The molecule has 0 heterocycles. The van der Waals surface area contributed by atoms with Crippen molar-refractivity contribution in [1.82, 2.24) is 0 Å². The van der Waals surface area contributed by atoms with Crippen LogP contribution in [0.3, 0.4) is 0 Å². The zero-order valence-corrected chi connectivity index (χ0v) is 17.4. The molecule has 0 radical (unpaired) electrons. The van der Waals surface area contributed by atoms with Crippen molar-refractivity contribution in [2.24, 2.45) is 0 Å². The van der Waals surface area contributed by atoms with Gasteiger partial charge in [0.25, 0.3) is 0 Å². The highest BCUT2D eigenvalue weighted by Gasteiger charge is 2.34. The van der Waals surface area contributed by atoms with Gasteiger partial charge in [-0.25, -0.2) is 0 Å². The van der Waals surface area contributed by atoms with Gasteiger partial charge in [-0.2, -0.15) is 0 Å². The number of ether oxygens (including phenoxy) is 1. The van der Waals surface area contributed by atoms with Crippen molar-refractivity contribution in [3.8, 4) is 5.75 Å². The van der Waals surface area contributed by atoms with Crippen molar-refractivity contribution in [2.75, 3.05) is 5.32 Å². The van der Waals surface area contributed by atoms with Gasteiger partial charge in [-0.15, -0.1) is 0 Å². The van der Waals surface area contributed by atoms with E-state index >= 15 is 0 Å². The summed E-state index contributed by atoms with van der Waals surface area (Å²) in [6, 6.07) is 30.2. The number of benzene rings is 4. The maximum Gasteiger partial charge on any atom is 0.198 e. The number of carbonyl (C=O) groups excluding carboxylic acids is 2. The largest absolute Gasteiger partial charge is 0.488 e. The van der Waals surface area contributed by atoms with Crippen LogP contribution in [0.25, 0.3) is 0 Å². The van der Waals surface area contributed by atoms with Crippen LogP contribution >= 0.6 is 0 Å².